The molecule has 1 fully saturated rings. The number of nitrogens with one attached hydrogen (secondary N) is 2. The first-order valence-corrected chi connectivity index (χ1v) is 12.6. The molecule has 5 rings (SSSR count). The van der Waals surface area contributed by atoms with Gasteiger partial charge < -0.3 is 21.8 Å². The quantitative estimate of drug-likeness (QED) is 0.292. The van der Waals surface area contributed by atoms with Crippen LogP contribution in [0.4, 0.5) is 15.8 Å². The summed E-state index contributed by atoms with van der Waals surface area (Å²) in [6.45, 7) is 0. The zero-order chi connectivity index (χ0) is 26.1. The van der Waals surface area contributed by atoms with Crippen LogP contribution in [0.3, 0.4) is 0 Å². The molecule has 0 saturated heterocycles. The van der Waals surface area contributed by atoms with Crippen molar-refractivity contribution in [3.05, 3.63) is 76.7 Å². The second kappa shape index (κ2) is 10.0. The van der Waals surface area contributed by atoms with Crippen molar-refractivity contribution in [2.75, 3.05) is 10.6 Å². The molecule has 6 N–H and O–H groups in total. The zero-order valence-corrected chi connectivity index (χ0v) is 20.6. The van der Waals surface area contributed by atoms with Crippen molar-refractivity contribution in [3.63, 3.8) is 0 Å². The van der Waals surface area contributed by atoms with Crippen LogP contribution in [0.1, 0.15) is 57.4 Å². The van der Waals surface area contributed by atoms with E-state index in [9.17, 15) is 18.8 Å². The van der Waals surface area contributed by atoms with Gasteiger partial charge in [-0.2, -0.15) is 4.37 Å². The van der Waals surface area contributed by atoms with Gasteiger partial charge in [0.15, 0.2) is 5.69 Å². The van der Waals surface area contributed by atoms with Crippen LogP contribution in [-0.2, 0) is 4.79 Å². The van der Waals surface area contributed by atoms with Crippen LogP contribution in [0.15, 0.2) is 54.7 Å². The first-order chi connectivity index (χ1) is 17.8. The predicted octanol–water partition coefficient (Wildman–Crippen LogP) is 3.89. The number of nitrogen functional groups attached to an aromatic ring is 1. The van der Waals surface area contributed by atoms with Crippen molar-refractivity contribution < 1.29 is 18.8 Å². The van der Waals surface area contributed by atoms with E-state index in [1.54, 1.807) is 6.20 Å². The fourth-order valence-electron chi connectivity index (χ4n) is 4.82. The Hall–Kier alpha value is -4.25. The summed E-state index contributed by atoms with van der Waals surface area (Å²) in [4.78, 5) is 44.1. The van der Waals surface area contributed by atoms with Crippen LogP contribution in [0, 0.1) is 5.82 Å². The van der Waals surface area contributed by atoms with Gasteiger partial charge in [0.2, 0.25) is 5.91 Å². The molecule has 1 aliphatic carbocycles. The van der Waals surface area contributed by atoms with Crippen LogP contribution < -0.4 is 21.7 Å². The third-order valence-electron chi connectivity index (χ3n) is 6.58. The number of primary amides is 1. The van der Waals surface area contributed by atoms with Crippen LogP contribution in [0.5, 0.6) is 0 Å². The number of rotatable bonds is 7. The smallest absolute Gasteiger partial charge is 0.273 e. The first-order valence-electron chi connectivity index (χ1n) is 11.9. The number of nitrogens with zero attached hydrogens (tertiary/aromatic N) is 2. The monoisotopic (exact) mass is 520 g/mol. The van der Waals surface area contributed by atoms with Gasteiger partial charge >= 0.3 is 0 Å². The fraction of sp³-hybridized carbons (Fsp3) is 0.231. The fourth-order valence-corrected chi connectivity index (χ4v) is 5.56. The SMILES string of the molecule is NC(=O)c1nsc(C(=O)N(c2cccc(F)c2)[C@@H](C(=O)NC2CCCC2)c2c[nH]c3ccccc23)c1N. The molecule has 2 heterocycles. The zero-order valence-electron chi connectivity index (χ0n) is 19.7. The van der Waals surface area contributed by atoms with Gasteiger partial charge in [-0.3, -0.25) is 19.3 Å². The standard InChI is InChI=1S/C26H25FN6O3S/c27-14-6-5-9-16(12-14)33(26(36)23-20(28)21(24(29)34)32-37-23)22(25(35)31-15-7-1-2-8-15)18-13-30-19-11-4-3-10-17(18)19/h3-6,9-13,15,22,30H,1-2,7-8,28H2,(H2,29,34)(H,31,35)/t22-/m1/s1. The highest BCUT2D eigenvalue weighted by Crippen LogP contribution is 2.36. The molecular weight excluding hydrogens is 495 g/mol. The maximum absolute atomic E-state index is 14.4. The van der Waals surface area contributed by atoms with Gasteiger partial charge in [0.05, 0.1) is 5.69 Å². The lowest BCUT2D eigenvalue weighted by molar-refractivity contribution is -0.123. The minimum absolute atomic E-state index is 0.0281. The number of anilines is 2. The summed E-state index contributed by atoms with van der Waals surface area (Å²) in [5.41, 5.74) is 12.5. The maximum Gasteiger partial charge on any atom is 0.273 e. The second-order valence-corrected chi connectivity index (χ2v) is 9.75. The number of hydrogen-bond acceptors (Lipinski definition) is 6. The molecule has 9 nitrogen and oxygen atoms in total. The largest absolute Gasteiger partial charge is 0.395 e. The number of hydrogen-bond donors (Lipinski definition) is 4. The highest BCUT2D eigenvalue weighted by molar-refractivity contribution is 7.09. The lowest BCUT2D eigenvalue weighted by Gasteiger charge is -2.32. The van der Waals surface area contributed by atoms with Gasteiger partial charge in [-0.1, -0.05) is 37.1 Å². The van der Waals surface area contributed by atoms with Crippen molar-refractivity contribution in [3.8, 4) is 0 Å². The van der Waals surface area contributed by atoms with E-state index >= 15 is 0 Å². The average molecular weight is 521 g/mol. The topological polar surface area (TPSA) is 147 Å². The first kappa shape index (κ1) is 24.4. The van der Waals surface area contributed by atoms with Gasteiger partial charge in [-0.25, -0.2) is 4.39 Å². The molecule has 1 aliphatic rings. The second-order valence-electron chi connectivity index (χ2n) is 8.98. The summed E-state index contributed by atoms with van der Waals surface area (Å²) in [5.74, 6) is -2.58. The number of fused-ring (bicyclic) bond motifs is 1. The van der Waals surface area contributed by atoms with Crippen LogP contribution in [-0.4, -0.2) is 33.1 Å². The highest BCUT2D eigenvalue weighted by Gasteiger charge is 2.38. The Kier molecular flexibility index (Phi) is 6.62. The Labute approximate surface area is 215 Å². The van der Waals surface area contributed by atoms with E-state index in [2.05, 4.69) is 14.7 Å². The summed E-state index contributed by atoms with van der Waals surface area (Å²) in [7, 11) is 0. The van der Waals surface area contributed by atoms with E-state index in [4.69, 9.17) is 11.5 Å². The number of H-pyrrole nitrogens is 1. The minimum atomic E-state index is -1.18. The Balaban J connectivity index is 1.69. The van der Waals surface area contributed by atoms with E-state index in [1.807, 2.05) is 24.3 Å². The lowest BCUT2D eigenvalue weighted by Crippen LogP contribution is -2.46. The number of aromatic amines is 1. The van der Waals surface area contributed by atoms with Gasteiger partial charge in [-0.15, -0.1) is 0 Å². The third kappa shape index (κ3) is 4.65. The molecule has 1 saturated carbocycles. The van der Waals surface area contributed by atoms with Gasteiger partial charge in [-0.05, 0) is 48.6 Å². The molecule has 1 atom stereocenters. The molecule has 0 aliphatic heterocycles. The number of aromatic nitrogens is 2. The molecule has 0 unspecified atom stereocenters. The van der Waals surface area contributed by atoms with E-state index in [0.717, 1.165) is 36.6 Å². The number of carbonyl (C=O) groups excluding carboxylic acids is 3. The molecule has 190 valence electrons. The number of amides is 3. The Morgan fingerprint density at radius 2 is 1.89 bits per heavy atom. The summed E-state index contributed by atoms with van der Waals surface area (Å²) in [5, 5.41) is 3.82. The van der Waals surface area contributed by atoms with Crippen LogP contribution in [0.25, 0.3) is 10.9 Å². The molecule has 0 spiro atoms. The van der Waals surface area contributed by atoms with Gasteiger partial charge in [0.25, 0.3) is 11.8 Å². The maximum atomic E-state index is 14.4. The Morgan fingerprint density at radius 1 is 1.14 bits per heavy atom. The molecule has 0 radical (unpaired) electrons. The molecular formula is C26H25FN6O3S. The van der Waals surface area contributed by atoms with E-state index in [-0.39, 0.29) is 28.0 Å². The van der Waals surface area contributed by atoms with Crippen molar-refractivity contribution in [2.24, 2.45) is 5.73 Å². The molecule has 37 heavy (non-hydrogen) atoms. The van der Waals surface area contributed by atoms with Crippen molar-refractivity contribution >= 4 is 51.5 Å². The number of halogens is 1. The van der Waals surface area contributed by atoms with Crippen molar-refractivity contribution in [2.45, 2.75) is 37.8 Å². The molecule has 4 aromatic rings. The molecule has 0 bridgehead atoms. The number of benzene rings is 2. The van der Waals surface area contributed by atoms with Gasteiger partial charge in [0.1, 0.15) is 16.7 Å². The molecule has 3 amide bonds. The Morgan fingerprint density at radius 3 is 2.59 bits per heavy atom. The van der Waals surface area contributed by atoms with E-state index in [0.29, 0.717) is 17.1 Å². The van der Waals surface area contributed by atoms with Crippen molar-refractivity contribution in [1.29, 1.82) is 0 Å². The summed E-state index contributed by atoms with van der Waals surface area (Å²) in [6.07, 6.45) is 5.35. The molecule has 2 aromatic heterocycles. The molecule has 11 heteroatoms. The summed E-state index contributed by atoms with van der Waals surface area (Å²) < 4.78 is 18.4. The third-order valence-corrected chi connectivity index (χ3v) is 7.44. The van der Waals surface area contributed by atoms with Crippen molar-refractivity contribution in [1.82, 2.24) is 14.7 Å². The summed E-state index contributed by atoms with van der Waals surface area (Å²) in [6, 6.07) is 11.6. The highest BCUT2D eigenvalue weighted by atomic mass is 32.1. The van der Waals surface area contributed by atoms with E-state index < -0.39 is 29.6 Å². The van der Waals surface area contributed by atoms with Crippen LogP contribution >= 0.6 is 11.5 Å². The molecule has 2 aromatic carbocycles. The van der Waals surface area contributed by atoms with Gasteiger partial charge in [0, 0.05) is 34.4 Å². The number of carbonyl (C=O) groups is 3. The lowest BCUT2D eigenvalue weighted by atomic mass is 10.0. The number of para-hydroxylation sites is 1. The van der Waals surface area contributed by atoms with Crippen LogP contribution in [0.2, 0.25) is 0 Å². The average Bonchev–Trinajstić information content (AvgIpc) is 3.62. The summed E-state index contributed by atoms with van der Waals surface area (Å²) >= 11 is 0.702. The number of nitrogens with two attached hydrogens (primary N) is 2. The Bertz CT molecular complexity index is 1490. The van der Waals surface area contributed by atoms with E-state index in [1.165, 1.54) is 29.2 Å². The predicted molar refractivity (Wildman–Crippen MR) is 140 cm³/mol. The minimum Gasteiger partial charge on any atom is -0.395 e. The normalized spacial score (nSPS) is 14.5.